The molecular weight excluding hydrogens is 440 g/mol. The standard InChI is InChI=1S/C26H20N8O/c1-2-19(35)11-18-6-5-15(13-29-18)17-10-21-23(33-34-24(21)30-14-17)26-31-22-20(7-9-28-25(22)32-26)16-4-3-8-27-12-16/h3-10,12-14H,2,11H2,1H3,(H,28,31,32)(H,30,33,34). The molecule has 170 valence electrons. The highest BCUT2D eigenvalue weighted by Crippen LogP contribution is 2.31. The van der Waals surface area contributed by atoms with Crippen molar-refractivity contribution in [2.24, 2.45) is 0 Å². The van der Waals surface area contributed by atoms with Crippen LogP contribution in [0, 0.1) is 0 Å². The van der Waals surface area contributed by atoms with Crippen LogP contribution in [0.25, 0.3) is 56.0 Å². The van der Waals surface area contributed by atoms with Crippen molar-refractivity contribution in [2.75, 3.05) is 0 Å². The number of hydrogen-bond donors (Lipinski definition) is 2. The first kappa shape index (κ1) is 20.8. The van der Waals surface area contributed by atoms with Gasteiger partial charge in [0.05, 0.1) is 10.9 Å². The molecule has 0 spiro atoms. The van der Waals surface area contributed by atoms with E-state index in [0.717, 1.165) is 44.5 Å². The van der Waals surface area contributed by atoms with Crippen LogP contribution >= 0.6 is 0 Å². The van der Waals surface area contributed by atoms with Gasteiger partial charge in [-0.05, 0) is 24.3 Å². The molecule has 0 radical (unpaired) electrons. The minimum Gasteiger partial charge on any atom is -0.335 e. The molecule has 6 aromatic rings. The zero-order chi connectivity index (χ0) is 23.8. The van der Waals surface area contributed by atoms with Crippen LogP contribution in [0.1, 0.15) is 19.0 Å². The maximum Gasteiger partial charge on any atom is 0.181 e. The van der Waals surface area contributed by atoms with E-state index < -0.39 is 0 Å². The van der Waals surface area contributed by atoms with Crippen LogP contribution in [0.4, 0.5) is 0 Å². The number of H-pyrrole nitrogens is 2. The summed E-state index contributed by atoms with van der Waals surface area (Å²) >= 11 is 0. The second-order valence-electron chi connectivity index (χ2n) is 8.19. The van der Waals surface area contributed by atoms with Gasteiger partial charge in [-0.25, -0.2) is 15.0 Å². The Morgan fingerprint density at radius 3 is 2.63 bits per heavy atom. The number of fused-ring (bicyclic) bond motifs is 2. The molecule has 0 atom stereocenters. The zero-order valence-corrected chi connectivity index (χ0v) is 18.9. The second kappa shape index (κ2) is 8.53. The van der Waals surface area contributed by atoms with Gasteiger partial charge in [0.15, 0.2) is 17.1 Å². The summed E-state index contributed by atoms with van der Waals surface area (Å²) in [7, 11) is 0. The minimum absolute atomic E-state index is 0.170. The number of pyridine rings is 4. The van der Waals surface area contributed by atoms with Gasteiger partial charge in [-0.1, -0.05) is 19.1 Å². The van der Waals surface area contributed by atoms with Gasteiger partial charge in [-0.15, -0.1) is 0 Å². The lowest BCUT2D eigenvalue weighted by Gasteiger charge is -2.04. The second-order valence-corrected chi connectivity index (χ2v) is 8.19. The van der Waals surface area contributed by atoms with Crippen molar-refractivity contribution < 1.29 is 4.79 Å². The molecule has 6 rings (SSSR count). The summed E-state index contributed by atoms with van der Waals surface area (Å²) in [6, 6.07) is 11.7. The first-order valence-corrected chi connectivity index (χ1v) is 11.3. The van der Waals surface area contributed by atoms with Crippen molar-refractivity contribution in [3.05, 3.63) is 73.1 Å². The fraction of sp³-hybridized carbons (Fsp3) is 0.115. The van der Waals surface area contributed by atoms with Crippen molar-refractivity contribution in [1.29, 1.82) is 0 Å². The first-order valence-electron chi connectivity index (χ1n) is 11.3. The van der Waals surface area contributed by atoms with Gasteiger partial charge >= 0.3 is 0 Å². The topological polar surface area (TPSA) is 126 Å². The Labute approximate surface area is 199 Å². The summed E-state index contributed by atoms with van der Waals surface area (Å²) in [5.41, 5.74) is 7.25. The number of Topliss-reactive ketones (excluding diaryl/α,β-unsaturated/α-hetero) is 1. The molecule has 0 aliphatic heterocycles. The molecule has 0 bridgehead atoms. The normalized spacial score (nSPS) is 11.3. The molecule has 0 amide bonds. The van der Waals surface area contributed by atoms with E-state index >= 15 is 0 Å². The van der Waals surface area contributed by atoms with Gasteiger partial charge in [0.25, 0.3) is 0 Å². The number of hydrogen-bond acceptors (Lipinski definition) is 7. The van der Waals surface area contributed by atoms with E-state index in [1.54, 1.807) is 24.8 Å². The molecule has 0 aromatic carbocycles. The molecule has 0 aliphatic rings. The van der Waals surface area contributed by atoms with Crippen molar-refractivity contribution >= 4 is 28.0 Å². The minimum atomic E-state index is 0.170. The van der Waals surface area contributed by atoms with E-state index in [4.69, 9.17) is 4.98 Å². The number of rotatable bonds is 6. The highest BCUT2D eigenvalue weighted by atomic mass is 16.1. The average Bonchev–Trinajstić information content (AvgIpc) is 3.53. The number of carbonyl (C=O) groups is 1. The lowest BCUT2D eigenvalue weighted by molar-refractivity contribution is -0.118. The number of imidazole rings is 1. The molecule has 0 aliphatic carbocycles. The Morgan fingerprint density at radius 1 is 0.914 bits per heavy atom. The van der Waals surface area contributed by atoms with E-state index in [2.05, 4.69) is 35.1 Å². The molecule has 9 heteroatoms. The number of nitrogens with zero attached hydrogens (tertiary/aromatic N) is 6. The lowest BCUT2D eigenvalue weighted by atomic mass is 10.1. The molecule has 6 aromatic heterocycles. The average molecular weight is 461 g/mol. The number of nitrogens with one attached hydrogen (secondary N) is 2. The van der Waals surface area contributed by atoms with Gasteiger partial charge in [0, 0.05) is 71.8 Å². The predicted octanol–water partition coefficient (Wildman–Crippen LogP) is 4.54. The van der Waals surface area contributed by atoms with Crippen LogP contribution in [0.3, 0.4) is 0 Å². The highest BCUT2D eigenvalue weighted by Gasteiger charge is 2.16. The molecule has 0 fully saturated rings. The third kappa shape index (κ3) is 3.82. The van der Waals surface area contributed by atoms with Crippen LogP contribution in [0.2, 0.25) is 0 Å². The maximum atomic E-state index is 11.7. The van der Waals surface area contributed by atoms with Crippen molar-refractivity contribution in [3.8, 4) is 33.8 Å². The molecule has 0 saturated heterocycles. The summed E-state index contributed by atoms with van der Waals surface area (Å²) in [5, 5.41) is 8.25. The van der Waals surface area contributed by atoms with Crippen LogP contribution < -0.4 is 0 Å². The monoisotopic (exact) mass is 460 g/mol. The van der Waals surface area contributed by atoms with E-state index in [9.17, 15) is 4.79 Å². The quantitative estimate of drug-likeness (QED) is 0.374. The van der Waals surface area contributed by atoms with Crippen molar-refractivity contribution in [1.82, 2.24) is 40.1 Å². The predicted molar refractivity (Wildman–Crippen MR) is 132 cm³/mol. The van der Waals surface area contributed by atoms with E-state index in [-0.39, 0.29) is 5.78 Å². The van der Waals surface area contributed by atoms with Crippen molar-refractivity contribution in [2.45, 2.75) is 19.8 Å². The summed E-state index contributed by atoms with van der Waals surface area (Å²) in [6.45, 7) is 1.86. The maximum absolute atomic E-state index is 11.7. The Bertz CT molecular complexity index is 1670. The van der Waals surface area contributed by atoms with E-state index in [0.29, 0.717) is 30.0 Å². The van der Waals surface area contributed by atoms with Gasteiger partial charge in [0.2, 0.25) is 0 Å². The summed E-state index contributed by atoms with van der Waals surface area (Å²) < 4.78 is 0. The number of carbonyl (C=O) groups excluding carboxylic acids is 1. The Morgan fingerprint density at radius 2 is 1.83 bits per heavy atom. The first-order chi connectivity index (χ1) is 17.2. The fourth-order valence-corrected chi connectivity index (χ4v) is 4.06. The summed E-state index contributed by atoms with van der Waals surface area (Å²) in [4.78, 5) is 37.5. The van der Waals surface area contributed by atoms with Gasteiger partial charge in [-0.3, -0.25) is 19.9 Å². The van der Waals surface area contributed by atoms with Gasteiger partial charge in [-0.2, -0.15) is 5.10 Å². The number of ketones is 1. The molecule has 2 N–H and O–H groups in total. The van der Waals surface area contributed by atoms with Crippen molar-refractivity contribution in [3.63, 3.8) is 0 Å². The Hall–Kier alpha value is -4.79. The van der Waals surface area contributed by atoms with E-state index in [1.807, 2.05) is 49.5 Å². The van der Waals surface area contributed by atoms with E-state index in [1.165, 1.54) is 0 Å². The fourth-order valence-electron chi connectivity index (χ4n) is 4.06. The van der Waals surface area contributed by atoms with Gasteiger partial charge in [0.1, 0.15) is 11.5 Å². The van der Waals surface area contributed by atoms with Crippen LogP contribution in [0.5, 0.6) is 0 Å². The Kier molecular flexibility index (Phi) is 5.07. The Balaban J connectivity index is 1.40. The zero-order valence-electron chi connectivity index (χ0n) is 18.9. The molecule has 0 unspecified atom stereocenters. The smallest absolute Gasteiger partial charge is 0.181 e. The molecule has 6 heterocycles. The number of aromatic nitrogens is 8. The molecule has 0 saturated carbocycles. The number of aromatic amines is 2. The van der Waals surface area contributed by atoms with Crippen LogP contribution in [0.15, 0.2) is 67.4 Å². The summed E-state index contributed by atoms with van der Waals surface area (Å²) in [5.74, 6) is 0.792. The molecular formula is C26H20N8O. The third-order valence-electron chi connectivity index (χ3n) is 5.94. The lowest BCUT2D eigenvalue weighted by Crippen LogP contribution is -2.02. The molecule has 9 nitrogen and oxygen atoms in total. The highest BCUT2D eigenvalue weighted by molar-refractivity contribution is 5.96. The van der Waals surface area contributed by atoms with Crippen LogP contribution in [-0.4, -0.2) is 45.9 Å². The third-order valence-corrected chi connectivity index (χ3v) is 5.94. The SMILES string of the molecule is CCC(=O)Cc1ccc(-c2cnc3n[nH]c(-c4nc5nccc(-c6cccnc6)c5[nH]4)c3c2)cn1. The summed E-state index contributed by atoms with van der Waals surface area (Å²) in [6.07, 6.45) is 9.69. The largest absolute Gasteiger partial charge is 0.335 e. The van der Waals surface area contributed by atoms with Crippen LogP contribution in [-0.2, 0) is 11.2 Å². The van der Waals surface area contributed by atoms with Gasteiger partial charge < -0.3 is 4.98 Å². The molecule has 35 heavy (non-hydrogen) atoms.